The summed E-state index contributed by atoms with van der Waals surface area (Å²) in [6, 6.07) is 1.46. The maximum atomic E-state index is 11.8. The molecule has 0 aliphatic heterocycles. The molecule has 108 valence electrons. The molecule has 0 saturated heterocycles. The van der Waals surface area contributed by atoms with Crippen molar-refractivity contribution in [3.8, 4) is 11.8 Å². The zero-order valence-corrected chi connectivity index (χ0v) is 12.0. The van der Waals surface area contributed by atoms with Crippen molar-refractivity contribution >= 4 is 16.0 Å². The molecule has 1 heterocycles. The minimum Gasteiger partial charge on any atom is -0.481 e. The molecule has 1 aromatic rings. The molecular weight excluding hydrogens is 272 g/mol. The summed E-state index contributed by atoms with van der Waals surface area (Å²) in [5.41, 5.74) is 0. The van der Waals surface area contributed by atoms with Crippen LogP contribution in [0.25, 0.3) is 0 Å². The molecule has 0 amide bonds. The summed E-state index contributed by atoms with van der Waals surface area (Å²) in [5.74, 6) is 0.358. The standard InChI is InChI=1S/C10H18N4O4S/c1-11-5-4-6-19(15,16)14-10-12-8(17-2)7-9(13-10)18-3/h7,11H,4-6H2,1-3H3,(H,12,13,14). The Balaban J connectivity index is 2.80. The van der Waals surface area contributed by atoms with Crippen LogP contribution in [0.3, 0.4) is 0 Å². The maximum absolute atomic E-state index is 11.8. The van der Waals surface area contributed by atoms with E-state index < -0.39 is 10.0 Å². The van der Waals surface area contributed by atoms with Crippen LogP contribution in [0.2, 0.25) is 0 Å². The molecule has 1 rings (SSSR count). The largest absolute Gasteiger partial charge is 0.481 e. The minimum atomic E-state index is -3.48. The fourth-order valence-electron chi connectivity index (χ4n) is 1.29. The molecule has 0 bridgehead atoms. The van der Waals surface area contributed by atoms with Gasteiger partial charge in [0, 0.05) is 0 Å². The lowest BCUT2D eigenvalue weighted by Gasteiger charge is -2.09. The monoisotopic (exact) mass is 290 g/mol. The van der Waals surface area contributed by atoms with E-state index in [1.807, 2.05) is 0 Å². The van der Waals surface area contributed by atoms with Crippen LogP contribution in [0, 0.1) is 0 Å². The second kappa shape index (κ2) is 7.10. The predicted octanol–water partition coefficient (Wildman–Crippen LogP) is -0.155. The van der Waals surface area contributed by atoms with Crippen LogP contribution in [0.5, 0.6) is 11.8 Å². The number of hydrogen-bond acceptors (Lipinski definition) is 7. The summed E-state index contributed by atoms with van der Waals surface area (Å²) >= 11 is 0. The number of ether oxygens (including phenoxy) is 2. The van der Waals surface area contributed by atoms with Crippen molar-refractivity contribution in [3.05, 3.63) is 6.07 Å². The Morgan fingerprint density at radius 2 is 1.79 bits per heavy atom. The second-order valence-corrected chi connectivity index (χ2v) is 5.50. The molecule has 0 fully saturated rings. The number of sulfonamides is 1. The molecule has 0 aromatic carbocycles. The van der Waals surface area contributed by atoms with Crippen LogP contribution < -0.4 is 19.5 Å². The lowest BCUT2D eigenvalue weighted by Crippen LogP contribution is -2.21. The summed E-state index contributed by atoms with van der Waals surface area (Å²) < 4.78 is 35.7. The fraction of sp³-hybridized carbons (Fsp3) is 0.600. The zero-order chi connectivity index (χ0) is 14.3. The van der Waals surface area contributed by atoms with Gasteiger partial charge in [-0.2, -0.15) is 9.97 Å². The lowest BCUT2D eigenvalue weighted by molar-refractivity contribution is 0.373. The molecule has 9 heteroatoms. The number of nitrogens with zero attached hydrogens (tertiary/aromatic N) is 2. The number of aromatic nitrogens is 2. The highest BCUT2D eigenvalue weighted by atomic mass is 32.2. The van der Waals surface area contributed by atoms with Gasteiger partial charge in [0.15, 0.2) is 0 Å². The summed E-state index contributed by atoms with van der Waals surface area (Å²) in [6.45, 7) is 0.614. The van der Waals surface area contributed by atoms with E-state index in [4.69, 9.17) is 9.47 Å². The Labute approximate surface area is 112 Å². The van der Waals surface area contributed by atoms with Crippen LogP contribution >= 0.6 is 0 Å². The SMILES string of the molecule is CNCCCS(=O)(=O)Nc1nc(OC)cc(OC)n1. The van der Waals surface area contributed by atoms with Gasteiger partial charge in [0.25, 0.3) is 0 Å². The molecular formula is C10H18N4O4S. The summed E-state index contributed by atoms with van der Waals surface area (Å²) in [5, 5.41) is 2.88. The molecule has 0 saturated carbocycles. The first-order chi connectivity index (χ1) is 9.00. The van der Waals surface area contributed by atoms with Gasteiger partial charge in [-0.25, -0.2) is 8.42 Å². The van der Waals surface area contributed by atoms with Crippen LogP contribution in [0.4, 0.5) is 5.95 Å². The van der Waals surface area contributed by atoms with E-state index in [9.17, 15) is 8.42 Å². The van der Waals surface area contributed by atoms with Crippen molar-refractivity contribution in [2.24, 2.45) is 0 Å². The number of rotatable bonds is 8. The molecule has 0 radical (unpaired) electrons. The number of hydrogen-bond donors (Lipinski definition) is 2. The van der Waals surface area contributed by atoms with Gasteiger partial charge in [0.05, 0.1) is 26.0 Å². The fourth-order valence-corrected chi connectivity index (χ4v) is 2.28. The van der Waals surface area contributed by atoms with Gasteiger partial charge >= 0.3 is 0 Å². The highest BCUT2D eigenvalue weighted by Gasteiger charge is 2.14. The highest BCUT2D eigenvalue weighted by molar-refractivity contribution is 7.92. The van der Waals surface area contributed by atoms with Crippen molar-refractivity contribution < 1.29 is 17.9 Å². The van der Waals surface area contributed by atoms with E-state index in [0.717, 1.165) is 0 Å². The van der Waals surface area contributed by atoms with E-state index in [2.05, 4.69) is 20.0 Å². The van der Waals surface area contributed by atoms with Crippen molar-refractivity contribution in [1.82, 2.24) is 15.3 Å². The highest BCUT2D eigenvalue weighted by Crippen LogP contribution is 2.18. The molecule has 0 aliphatic carbocycles. The molecule has 0 aliphatic rings. The van der Waals surface area contributed by atoms with Crippen molar-refractivity contribution in [3.63, 3.8) is 0 Å². The second-order valence-electron chi connectivity index (χ2n) is 3.65. The first-order valence-electron chi connectivity index (χ1n) is 5.63. The average molecular weight is 290 g/mol. The Morgan fingerprint density at radius 3 is 2.26 bits per heavy atom. The Morgan fingerprint density at radius 1 is 1.21 bits per heavy atom. The van der Waals surface area contributed by atoms with E-state index in [-0.39, 0.29) is 23.5 Å². The van der Waals surface area contributed by atoms with E-state index >= 15 is 0 Å². The van der Waals surface area contributed by atoms with Crippen molar-refractivity contribution in [2.45, 2.75) is 6.42 Å². The third-order valence-corrected chi connectivity index (χ3v) is 3.50. The Kier molecular flexibility index (Phi) is 5.77. The van der Waals surface area contributed by atoms with Gasteiger partial charge in [-0.3, -0.25) is 4.72 Å². The quantitative estimate of drug-likeness (QED) is 0.641. The predicted molar refractivity (Wildman–Crippen MR) is 71.1 cm³/mol. The van der Waals surface area contributed by atoms with Crippen molar-refractivity contribution in [1.29, 1.82) is 0 Å². The first kappa shape index (κ1) is 15.4. The molecule has 19 heavy (non-hydrogen) atoms. The van der Waals surface area contributed by atoms with Gasteiger partial charge in [-0.15, -0.1) is 0 Å². The van der Waals surface area contributed by atoms with E-state index in [1.54, 1.807) is 7.05 Å². The Hall–Kier alpha value is -1.61. The van der Waals surface area contributed by atoms with E-state index in [1.165, 1.54) is 20.3 Å². The summed E-state index contributed by atoms with van der Waals surface area (Å²) in [7, 11) is 1.12. The summed E-state index contributed by atoms with van der Waals surface area (Å²) in [4.78, 5) is 7.79. The molecule has 0 unspecified atom stereocenters. The third kappa shape index (κ3) is 5.26. The zero-order valence-electron chi connectivity index (χ0n) is 11.1. The van der Waals surface area contributed by atoms with Gasteiger partial charge in [0.2, 0.25) is 27.7 Å². The first-order valence-corrected chi connectivity index (χ1v) is 7.28. The van der Waals surface area contributed by atoms with Crippen LogP contribution in [0.15, 0.2) is 6.07 Å². The maximum Gasteiger partial charge on any atom is 0.243 e. The van der Waals surface area contributed by atoms with Gasteiger partial charge in [-0.1, -0.05) is 0 Å². The van der Waals surface area contributed by atoms with Crippen molar-refractivity contribution in [2.75, 3.05) is 38.3 Å². The molecule has 8 nitrogen and oxygen atoms in total. The minimum absolute atomic E-state index is 0.0171. The Bertz CT molecular complexity index is 484. The van der Waals surface area contributed by atoms with Crippen LogP contribution in [-0.4, -0.2) is 52.0 Å². The molecule has 0 atom stereocenters. The normalized spacial score (nSPS) is 11.1. The topological polar surface area (TPSA) is 102 Å². The summed E-state index contributed by atoms with van der Waals surface area (Å²) in [6.07, 6.45) is 0.493. The molecule has 0 spiro atoms. The van der Waals surface area contributed by atoms with Crippen LogP contribution in [-0.2, 0) is 10.0 Å². The number of methoxy groups -OCH3 is 2. The average Bonchev–Trinajstić information content (AvgIpc) is 2.37. The number of nitrogens with one attached hydrogen (secondary N) is 2. The van der Waals surface area contributed by atoms with Gasteiger partial charge in [-0.05, 0) is 20.0 Å². The van der Waals surface area contributed by atoms with E-state index in [0.29, 0.717) is 13.0 Å². The molecule has 1 aromatic heterocycles. The van der Waals surface area contributed by atoms with Gasteiger partial charge < -0.3 is 14.8 Å². The van der Waals surface area contributed by atoms with Crippen LogP contribution in [0.1, 0.15) is 6.42 Å². The third-order valence-electron chi connectivity index (χ3n) is 2.18. The smallest absolute Gasteiger partial charge is 0.243 e. The van der Waals surface area contributed by atoms with Gasteiger partial charge in [0.1, 0.15) is 0 Å². The molecule has 2 N–H and O–H groups in total. The lowest BCUT2D eigenvalue weighted by atomic mass is 10.5. The number of anilines is 1.